The molecule has 32 heavy (non-hydrogen) atoms. The third-order valence-corrected chi connectivity index (χ3v) is 7.61. The molecule has 1 saturated carbocycles. The van der Waals surface area contributed by atoms with Gasteiger partial charge in [-0.15, -0.1) is 0 Å². The van der Waals surface area contributed by atoms with Crippen molar-refractivity contribution in [1.29, 1.82) is 0 Å². The molecule has 172 valence electrons. The molecule has 1 unspecified atom stereocenters. The number of pyridine rings is 1. The largest absolute Gasteiger partial charge is 0.390 e. The van der Waals surface area contributed by atoms with Crippen LogP contribution in [0, 0.1) is 12.8 Å². The second kappa shape index (κ2) is 8.93. The monoisotopic (exact) mass is 438 g/mol. The van der Waals surface area contributed by atoms with Crippen LogP contribution in [0.4, 0.5) is 5.69 Å². The minimum atomic E-state index is -0.943. The molecule has 6 nitrogen and oxygen atoms in total. The first-order valence-corrected chi connectivity index (χ1v) is 11.7. The van der Waals surface area contributed by atoms with Crippen molar-refractivity contribution >= 4 is 11.6 Å². The summed E-state index contributed by atoms with van der Waals surface area (Å²) in [6, 6.07) is 9.40. The molecule has 0 radical (unpaired) electrons. The topological polar surface area (TPSA) is 91.7 Å². The number of nitrogens with one attached hydrogen (secondary N) is 1. The maximum Gasteiger partial charge on any atom is 0.255 e. The Morgan fingerprint density at radius 2 is 2.09 bits per heavy atom. The fourth-order valence-corrected chi connectivity index (χ4v) is 5.82. The number of hydrogen-bond donors (Lipinski definition) is 3. The standard InChI is InChI=1S/C26H34N2O4/c1-4-10-25(31)11-12-26(5-2)20-9-8-18(14-19(20)16-32-24(30)21(26)15-25)23(29)28-22-7-6-13-27-17(22)3/h6-9,13-14,21,24,30-31H,4-5,10-12,15-16H2,1-3H3,(H,28,29)/t21-,24?,25-,26+/m1/s1. The summed E-state index contributed by atoms with van der Waals surface area (Å²) in [5.74, 6) is -0.381. The number of aromatic nitrogens is 1. The maximum atomic E-state index is 12.9. The first-order chi connectivity index (χ1) is 15.3. The molecule has 1 fully saturated rings. The first kappa shape index (κ1) is 22.9. The third kappa shape index (κ3) is 4.07. The quantitative estimate of drug-likeness (QED) is 0.641. The molecule has 1 aromatic heterocycles. The van der Waals surface area contributed by atoms with Crippen LogP contribution in [0.15, 0.2) is 36.5 Å². The molecule has 4 atom stereocenters. The zero-order chi connectivity index (χ0) is 22.9. The van der Waals surface area contributed by atoms with E-state index in [1.165, 1.54) is 0 Å². The van der Waals surface area contributed by atoms with E-state index in [9.17, 15) is 15.0 Å². The highest BCUT2D eigenvalue weighted by Crippen LogP contribution is 2.54. The van der Waals surface area contributed by atoms with E-state index >= 15 is 0 Å². The lowest BCUT2D eigenvalue weighted by Gasteiger charge is -2.50. The summed E-state index contributed by atoms with van der Waals surface area (Å²) in [5, 5.41) is 25.0. The smallest absolute Gasteiger partial charge is 0.255 e. The van der Waals surface area contributed by atoms with Crippen LogP contribution in [0.2, 0.25) is 0 Å². The summed E-state index contributed by atoms with van der Waals surface area (Å²) < 4.78 is 5.87. The molecule has 2 heterocycles. The Kier molecular flexibility index (Phi) is 6.39. The summed E-state index contributed by atoms with van der Waals surface area (Å²) >= 11 is 0. The fourth-order valence-electron chi connectivity index (χ4n) is 5.82. The van der Waals surface area contributed by atoms with Gasteiger partial charge in [-0.3, -0.25) is 9.78 Å². The number of anilines is 1. The minimum Gasteiger partial charge on any atom is -0.390 e. The molecule has 0 spiro atoms. The predicted molar refractivity (Wildman–Crippen MR) is 123 cm³/mol. The highest BCUT2D eigenvalue weighted by Gasteiger charge is 2.53. The molecule has 6 heteroatoms. The Hall–Kier alpha value is -2.28. The number of nitrogens with zero attached hydrogens (tertiary/aromatic N) is 1. The molecule has 3 N–H and O–H groups in total. The lowest BCUT2D eigenvalue weighted by molar-refractivity contribution is -0.184. The molecule has 1 aliphatic carbocycles. The van der Waals surface area contributed by atoms with E-state index in [2.05, 4.69) is 24.1 Å². The van der Waals surface area contributed by atoms with E-state index in [1.54, 1.807) is 12.3 Å². The predicted octanol–water partition coefficient (Wildman–Crippen LogP) is 4.47. The summed E-state index contributed by atoms with van der Waals surface area (Å²) in [6.45, 7) is 6.32. The lowest BCUT2D eigenvalue weighted by Crippen LogP contribution is -2.51. The number of carbonyl (C=O) groups is 1. The van der Waals surface area contributed by atoms with Gasteiger partial charge in [0.25, 0.3) is 5.91 Å². The molecule has 1 aromatic carbocycles. The molecule has 0 saturated heterocycles. The van der Waals surface area contributed by atoms with E-state index in [1.807, 2.05) is 31.2 Å². The molecule has 4 rings (SSSR count). The Morgan fingerprint density at radius 1 is 1.28 bits per heavy atom. The van der Waals surface area contributed by atoms with E-state index in [-0.39, 0.29) is 23.8 Å². The van der Waals surface area contributed by atoms with E-state index in [0.29, 0.717) is 24.1 Å². The summed E-state index contributed by atoms with van der Waals surface area (Å²) in [6.07, 6.45) is 5.26. The van der Waals surface area contributed by atoms with Crippen molar-refractivity contribution in [3.05, 3.63) is 58.9 Å². The second-order valence-corrected chi connectivity index (χ2v) is 9.46. The van der Waals surface area contributed by atoms with Crippen molar-refractivity contribution in [2.75, 3.05) is 5.32 Å². The van der Waals surface area contributed by atoms with Gasteiger partial charge in [-0.25, -0.2) is 0 Å². The van der Waals surface area contributed by atoms with Gasteiger partial charge in [-0.05, 0) is 74.4 Å². The second-order valence-electron chi connectivity index (χ2n) is 9.46. The van der Waals surface area contributed by atoms with Crippen molar-refractivity contribution in [3.8, 4) is 0 Å². The maximum absolute atomic E-state index is 12.9. The Balaban J connectivity index is 1.67. The van der Waals surface area contributed by atoms with Crippen LogP contribution in [0.5, 0.6) is 0 Å². The van der Waals surface area contributed by atoms with Crippen LogP contribution in [-0.2, 0) is 16.8 Å². The molecule has 0 bridgehead atoms. The summed E-state index contributed by atoms with van der Waals surface area (Å²) in [4.78, 5) is 17.2. The number of aliphatic hydroxyl groups is 2. The number of rotatable bonds is 5. The van der Waals surface area contributed by atoms with Crippen LogP contribution in [0.3, 0.4) is 0 Å². The molecule has 2 aliphatic rings. The van der Waals surface area contributed by atoms with Gasteiger partial charge in [0.1, 0.15) is 0 Å². The Bertz CT molecular complexity index is 994. The van der Waals surface area contributed by atoms with Crippen molar-refractivity contribution < 1.29 is 19.7 Å². The zero-order valence-electron chi connectivity index (χ0n) is 19.2. The van der Waals surface area contributed by atoms with Gasteiger partial charge in [0.05, 0.1) is 23.6 Å². The number of amides is 1. The van der Waals surface area contributed by atoms with Crippen molar-refractivity contribution in [1.82, 2.24) is 4.98 Å². The Labute approximate surface area is 190 Å². The highest BCUT2D eigenvalue weighted by atomic mass is 16.6. The lowest BCUT2D eigenvalue weighted by atomic mass is 9.56. The normalized spacial score (nSPS) is 29.5. The molecule has 1 aliphatic heterocycles. The third-order valence-electron chi connectivity index (χ3n) is 7.61. The first-order valence-electron chi connectivity index (χ1n) is 11.7. The van der Waals surface area contributed by atoms with Gasteiger partial charge in [0, 0.05) is 23.1 Å². The van der Waals surface area contributed by atoms with Crippen molar-refractivity contribution in [3.63, 3.8) is 0 Å². The molecule has 2 aromatic rings. The summed E-state index contributed by atoms with van der Waals surface area (Å²) in [5.41, 5.74) is 3.03. The van der Waals surface area contributed by atoms with Crippen molar-refractivity contribution in [2.24, 2.45) is 5.92 Å². The average molecular weight is 439 g/mol. The number of ether oxygens (including phenoxy) is 1. The van der Waals surface area contributed by atoms with E-state index in [0.717, 1.165) is 42.5 Å². The van der Waals surface area contributed by atoms with Crippen LogP contribution < -0.4 is 5.32 Å². The van der Waals surface area contributed by atoms with Crippen LogP contribution in [-0.4, -0.2) is 33.0 Å². The molecule has 1 amide bonds. The number of benzene rings is 1. The van der Waals surface area contributed by atoms with Crippen LogP contribution in [0.1, 0.15) is 79.6 Å². The van der Waals surface area contributed by atoms with Gasteiger partial charge in [-0.1, -0.05) is 26.3 Å². The Morgan fingerprint density at radius 3 is 2.81 bits per heavy atom. The summed E-state index contributed by atoms with van der Waals surface area (Å²) in [7, 11) is 0. The van der Waals surface area contributed by atoms with Gasteiger partial charge in [-0.2, -0.15) is 0 Å². The number of fused-ring (bicyclic) bond motifs is 3. The number of carbonyl (C=O) groups excluding carboxylic acids is 1. The fraction of sp³-hybridized carbons (Fsp3) is 0.538. The minimum absolute atomic E-state index is 0.184. The SMILES string of the molecule is CCC[C@@]1(O)CC[C@@]2(CC)c3ccc(C(=O)Nc4cccnc4C)cc3COC(O)[C@H]2C1. The van der Waals surface area contributed by atoms with E-state index < -0.39 is 11.9 Å². The molecular weight excluding hydrogens is 404 g/mol. The van der Waals surface area contributed by atoms with Gasteiger partial charge in [0.15, 0.2) is 6.29 Å². The number of aliphatic hydroxyl groups excluding tert-OH is 1. The van der Waals surface area contributed by atoms with Gasteiger partial charge < -0.3 is 20.3 Å². The number of hydrogen-bond acceptors (Lipinski definition) is 5. The van der Waals surface area contributed by atoms with E-state index in [4.69, 9.17) is 4.74 Å². The number of aryl methyl sites for hydroxylation is 1. The van der Waals surface area contributed by atoms with Crippen molar-refractivity contribution in [2.45, 2.75) is 83.2 Å². The van der Waals surface area contributed by atoms with Crippen LogP contribution in [0.25, 0.3) is 0 Å². The van der Waals surface area contributed by atoms with Gasteiger partial charge in [0.2, 0.25) is 0 Å². The van der Waals surface area contributed by atoms with Crippen LogP contribution >= 0.6 is 0 Å². The molecular formula is C26H34N2O4. The zero-order valence-corrected chi connectivity index (χ0v) is 19.2. The highest BCUT2D eigenvalue weighted by molar-refractivity contribution is 6.04. The average Bonchev–Trinajstić information content (AvgIpc) is 2.90. The van der Waals surface area contributed by atoms with Gasteiger partial charge >= 0.3 is 0 Å².